The number of hydrogen-bond acceptors (Lipinski definition) is 2. The Balaban J connectivity index is 0.000000720. The zero-order valence-electron chi connectivity index (χ0n) is 6.57. The monoisotopic (exact) mass is 237 g/mol. The van der Waals surface area contributed by atoms with Crippen molar-refractivity contribution in [3.05, 3.63) is 12.2 Å². The van der Waals surface area contributed by atoms with Crippen LogP contribution in [0.5, 0.6) is 0 Å². The van der Waals surface area contributed by atoms with Gasteiger partial charge in [0.15, 0.2) is 0 Å². The van der Waals surface area contributed by atoms with E-state index in [1.54, 1.807) is 0 Å². The largest absolute Gasteiger partial charge is 0.542 e. The molecule has 4 atom stereocenters. The van der Waals surface area contributed by atoms with Crippen molar-refractivity contribution in [2.24, 2.45) is 23.7 Å². The fraction of sp³-hybridized carbons (Fsp3) is 0.556. The smallest absolute Gasteiger partial charge is 0 e. The molecule has 0 spiro atoms. The molecule has 1 fully saturated rings. The number of allylic oxidation sites excluding steroid dienone is 2. The Morgan fingerprint density at radius 3 is 1.75 bits per heavy atom. The predicted molar refractivity (Wildman–Crippen MR) is 39.1 cm³/mol. The third kappa shape index (κ3) is 1.35. The SMILES string of the molecule is O=[C-]C1C2C=CC(C2)C1[C-]=O.[Y]. The summed E-state index contributed by atoms with van der Waals surface area (Å²) in [5.41, 5.74) is 0. The fourth-order valence-corrected chi connectivity index (χ4v) is 2.14. The molecule has 1 saturated carbocycles. The summed E-state index contributed by atoms with van der Waals surface area (Å²) in [5, 5.41) is 0. The normalized spacial score (nSPS) is 42.3. The Hall–Kier alpha value is 0.184. The molecule has 0 amide bonds. The van der Waals surface area contributed by atoms with Crippen molar-refractivity contribution in [2.75, 3.05) is 0 Å². The fourth-order valence-electron chi connectivity index (χ4n) is 2.14. The van der Waals surface area contributed by atoms with Crippen LogP contribution < -0.4 is 0 Å². The molecule has 2 bridgehead atoms. The van der Waals surface area contributed by atoms with E-state index in [1.165, 1.54) is 0 Å². The van der Waals surface area contributed by atoms with Crippen molar-refractivity contribution in [1.82, 2.24) is 0 Å². The Labute approximate surface area is 96.7 Å². The third-order valence-electron chi connectivity index (χ3n) is 2.73. The van der Waals surface area contributed by atoms with Gasteiger partial charge in [-0.25, -0.2) is 0 Å². The van der Waals surface area contributed by atoms with Gasteiger partial charge in [0.25, 0.3) is 0 Å². The second-order valence-electron chi connectivity index (χ2n) is 3.24. The minimum absolute atomic E-state index is 0. The van der Waals surface area contributed by atoms with Gasteiger partial charge in [0.05, 0.1) is 0 Å². The molecule has 4 unspecified atom stereocenters. The standard InChI is InChI=1S/C9H8O2.Y/c10-4-8-6-1-2-7(3-6)9(8)5-11;/h1-2,6-9H,3H2;/q-2;. The van der Waals surface area contributed by atoms with Crippen LogP contribution >= 0.6 is 0 Å². The van der Waals surface area contributed by atoms with E-state index in [-0.39, 0.29) is 56.4 Å². The number of fused-ring (bicyclic) bond motifs is 2. The third-order valence-corrected chi connectivity index (χ3v) is 2.73. The Bertz CT molecular complexity index is 203. The van der Waals surface area contributed by atoms with E-state index in [4.69, 9.17) is 0 Å². The van der Waals surface area contributed by atoms with Crippen LogP contribution in [0.3, 0.4) is 0 Å². The van der Waals surface area contributed by atoms with Crippen molar-refractivity contribution in [2.45, 2.75) is 6.42 Å². The van der Waals surface area contributed by atoms with Crippen LogP contribution in [-0.4, -0.2) is 12.6 Å². The van der Waals surface area contributed by atoms with Gasteiger partial charge in [-0.15, -0.1) is 0 Å². The molecule has 1 radical (unpaired) electrons. The average molecular weight is 237 g/mol. The van der Waals surface area contributed by atoms with Gasteiger partial charge in [0, 0.05) is 32.7 Å². The van der Waals surface area contributed by atoms with Crippen LogP contribution in [0.15, 0.2) is 12.2 Å². The topological polar surface area (TPSA) is 34.1 Å². The summed E-state index contributed by atoms with van der Waals surface area (Å²) in [6.45, 7) is 0. The molecule has 61 valence electrons. The van der Waals surface area contributed by atoms with E-state index in [1.807, 2.05) is 24.7 Å². The molecule has 0 aromatic rings. The van der Waals surface area contributed by atoms with Crippen molar-refractivity contribution in [1.29, 1.82) is 0 Å². The van der Waals surface area contributed by atoms with Crippen LogP contribution in [0.4, 0.5) is 0 Å². The summed E-state index contributed by atoms with van der Waals surface area (Å²) in [6, 6.07) is 0. The summed E-state index contributed by atoms with van der Waals surface area (Å²) in [4.78, 5) is 20.9. The van der Waals surface area contributed by atoms with Gasteiger partial charge < -0.3 is 9.59 Å². The Kier molecular flexibility index (Phi) is 3.36. The zero-order chi connectivity index (χ0) is 7.84. The first-order valence-corrected chi connectivity index (χ1v) is 3.80. The molecule has 3 heteroatoms. The molecule has 0 aliphatic heterocycles. The molecular weight excluding hydrogens is 229 g/mol. The van der Waals surface area contributed by atoms with Gasteiger partial charge in [0.1, 0.15) is 0 Å². The molecule has 0 saturated heterocycles. The number of hydrogen-bond donors (Lipinski definition) is 0. The van der Waals surface area contributed by atoms with E-state index in [9.17, 15) is 9.59 Å². The van der Waals surface area contributed by atoms with Crippen molar-refractivity contribution >= 4 is 12.6 Å². The summed E-state index contributed by atoms with van der Waals surface area (Å²) in [5.74, 6) is 0.123. The average Bonchev–Trinajstić information content (AvgIpc) is 2.60. The maximum Gasteiger partial charge on any atom is 0 e. The molecule has 0 heterocycles. The van der Waals surface area contributed by atoms with E-state index < -0.39 is 0 Å². The van der Waals surface area contributed by atoms with Crippen LogP contribution in [0.1, 0.15) is 6.42 Å². The number of rotatable bonds is 2. The first-order chi connectivity index (χ1) is 5.36. The molecule has 0 N–H and O–H groups in total. The maximum absolute atomic E-state index is 10.4. The molecule has 2 rings (SSSR count). The van der Waals surface area contributed by atoms with E-state index >= 15 is 0 Å². The van der Waals surface area contributed by atoms with Crippen LogP contribution in [0, 0.1) is 23.7 Å². The molecule has 2 aliphatic carbocycles. The summed E-state index contributed by atoms with van der Waals surface area (Å²) >= 11 is 0. The minimum Gasteiger partial charge on any atom is -0.542 e. The second kappa shape index (κ2) is 3.93. The molecule has 2 aliphatic rings. The molecular formula is C9H8O2Y-2. The molecule has 12 heavy (non-hydrogen) atoms. The van der Waals surface area contributed by atoms with Gasteiger partial charge in [-0.2, -0.15) is 11.8 Å². The van der Waals surface area contributed by atoms with Crippen LogP contribution in [-0.2, 0) is 42.3 Å². The summed E-state index contributed by atoms with van der Waals surface area (Å²) < 4.78 is 0. The minimum atomic E-state index is -0.206. The molecule has 0 aromatic heterocycles. The first kappa shape index (κ1) is 10.3. The Morgan fingerprint density at radius 1 is 1.00 bits per heavy atom. The van der Waals surface area contributed by atoms with E-state index in [0.29, 0.717) is 0 Å². The second-order valence-corrected chi connectivity index (χ2v) is 3.24. The van der Waals surface area contributed by atoms with Gasteiger partial charge >= 0.3 is 0 Å². The molecule has 0 aromatic carbocycles. The van der Waals surface area contributed by atoms with Gasteiger partial charge in [0.2, 0.25) is 0 Å². The van der Waals surface area contributed by atoms with Crippen LogP contribution in [0.25, 0.3) is 0 Å². The van der Waals surface area contributed by atoms with Gasteiger partial charge in [-0.3, -0.25) is 12.6 Å². The van der Waals surface area contributed by atoms with E-state index in [2.05, 4.69) is 0 Å². The molecule has 2 nitrogen and oxygen atoms in total. The maximum atomic E-state index is 10.4. The summed E-state index contributed by atoms with van der Waals surface area (Å²) in [6.07, 6.45) is 8.85. The quantitative estimate of drug-likeness (QED) is 0.521. The van der Waals surface area contributed by atoms with Crippen molar-refractivity contribution in [3.63, 3.8) is 0 Å². The van der Waals surface area contributed by atoms with Gasteiger partial charge in [-0.1, -0.05) is 12.2 Å². The van der Waals surface area contributed by atoms with Crippen LogP contribution in [0.2, 0.25) is 0 Å². The van der Waals surface area contributed by atoms with E-state index in [0.717, 1.165) is 6.42 Å². The van der Waals surface area contributed by atoms with Crippen molar-refractivity contribution in [3.8, 4) is 0 Å². The van der Waals surface area contributed by atoms with Crippen molar-refractivity contribution < 1.29 is 42.3 Å². The predicted octanol–water partition coefficient (Wildman–Crippen LogP) is 0.642. The zero-order valence-corrected chi connectivity index (χ0v) is 9.40. The summed E-state index contributed by atoms with van der Waals surface area (Å²) in [7, 11) is 0. The van der Waals surface area contributed by atoms with Gasteiger partial charge in [-0.05, 0) is 18.3 Å². The number of carbonyl (C=O) groups excluding carboxylic acids is 2. The Morgan fingerprint density at radius 2 is 1.42 bits per heavy atom. The first-order valence-electron chi connectivity index (χ1n) is 3.80.